The number of nitrogens with one attached hydrogen (secondary N) is 1. The Balaban J connectivity index is 1.39. The molecule has 164 valence electrons. The molecule has 3 heterocycles. The lowest BCUT2D eigenvalue weighted by atomic mass is 10.2. The molecule has 5 rings (SSSR count). The van der Waals surface area contributed by atoms with Gasteiger partial charge in [-0.2, -0.15) is 10.2 Å². The number of anilines is 1. The largest absolute Gasteiger partial charge is 0.302 e. The van der Waals surface area contributed by atoms with E-state index in [2.05, 4.69) is 20.5 Å². The maximum atomic E-state index is 13.5. The van der Waals surface area contributed by atoms with Crippen molar-refractivity contribution in [3.63, 3.8) is 0 Å². The Morgan fingerprint density at radius 3 is 2.75 bits per heavy atom. The predicted octanol–water partition coefficient (Wildman–Crippen LogP) is 4.83. The molecule has 11 heteroatoms. The fraction of sp³-hybridized carbons (Fsp3) is 0.238. The minimum absolute atomic E-state index is 0.0748. The second kappa shape index (κ2) is 7.94. The molecule has 1 aromatic carbocycles. The predicted molar refractivity (Wildman–Crippen MR) is 111 cm³/mol. The minimum atomic E-state index is -2.76. The van der Waals surface area contributed by atoms with Gasteiger partial charge in [0.1, 0.15) is 16.5 Å². The Morgan fingerprint density at radius 2 is 2.03 bits per heavy atom. The number of nitrogens with zero attached hydrogens (tertiary/aromatic N) is 5. The molecule has 0 aliphatic heterocycles. The van der Waals surface area contributed by atoms with Crippen molar-refractivity contribution in [2.24, 2.45) is 0 Å². The topological polar surface area (TPSA) is 77.1 Å². The summed E-state index contributed by atoms with van der Waals surface area (Å²) in [6.45, 7) is 0.243. The molecular formula is C21H16ClF3N6O. The maximum absolute atomic E-state index is 13.5. The first-order valence-electron chi connectivity index (χ1n) is 9.85. The second-order valence-electron chi connectivity index (χ2n) is 7.59. The molecule has 1 aliphatic carbocycles. The van der Waals surface area contributed by atoms with E-state index >= 15 is 0 Å². The molecular weight excluding hydrogens is 445 g/mol. The van der Waals surface area contributed by atoms with E-state index in [1.807, 2.05) is 0 Å². The fourth-order valence-electron chi connectivity index (χ4n) is 3.43. The molecule has 7 nitrogen and oxygen atoms in total. The van der Waals surface area contributed by atoms with E-state index in [1.54, 1.807) is 12.1 Å². The van der Waals surface area contributed by atoms with Gasteiger partial charge >= 0.3 is 0 Å². The van der Waals surface area contributed by atoms with Crippen LogP contribution in [-0.4, -0.2) is 30.3 Å². The van der Waals surface area contributed by atoms with Crippen LogP contribution >= 0.6 is 11.6 Å². The van der Waals surface area contributed by atoms with E-state index in [0.717, 1.165) is 17.4 Å². The van der Waals surface area contributed by atoms with Gasteiger partial charge in [-0.25, -0.2) is 22.7 Å². The van der Waals surface area contributed by atoms with E-state index in [0.29, 0.717) is 11.3 Å². The number of benzene rings is 1. The number of aromatic nitrogens is 5. The highest BCUT2D eigenvalue weighted by atomic mass is 35.5. The molecule has 1 aliphatic rings. The van der Waals surface area contributed by atoms with Crippen LogP contribution in [0.25, 0.3) is 5.65 Å². The van der Waals surface area contributed by atoms with Crippen LogP contribution in [0, 0.1) is 5.82 Å². The Morgan fingerprint density at radius 1 is 1.22 bits per heavy atom. The van der Waals surface area contributed by atoms with Gasteiger partial charge in [0, 0.05) is 23.9 Å². The summed E-state index contributed by atoms with van der Waals surface area (Å²) in [7, 11) is 0. The van der Waals surface area contributed by atoms with E-state index in [9.17, 15) is 18.0 Å². The van der Waals surface area contributed by atoms with Crippen molar-refractivity contribution in [2.45, 2.75) is 31.7 Å². The monoisotopic (exact) mass is 460 g/mol. The molecule has 1 saturated carbocycles. The molecule has 0 spiro atoms. The molecule has 1 fully saturated rings. The molecule has 0 radical (unpaired) electrons. The Hall–Kier alpha value is -3.40. The SMILES string of the molecule is O=C(Nc1nn(Cc2cccc(F)c2)cc1Cl)c1cc2nc(C3CC3)cc(C(F)F)n2n1. The number of carbonyl (C=O) groups excluding carboxylic acids is 1. The third-order valence-corrected chi connectivity index (χ3v) is 5.39. The smallest absolute Gasteiger partial charge is 0.280 e. The summed E-state index contributed by atoms with van der Waals surface area (Å²) < 4.78 is 42.9. The van der Waals surface area contributed by atoms with E-state index in [1.165, 1.54) is 35.1 Å². The van der Waals surface area contributed by atoms with Crippen molar-refractivity contribution in [2.75, 3.05) is 5.32 Å². The van der Waals surface area contributed by atoms with Crippen molar-refractivity contribution in [3.8, 4) is 0 Å². The van der Waals surface area contributed by atoms with Crippen LogP contribution in [-0.2, 0) is 6.54 Å². The highest BCUT2D eigenvalue weighted by Crippen LogP contribution is 2.40. The van der Waals surface area contributed by atoms with Crippen LogP contribution in [0.1, 0.15) is 52.6 Å². The van der Waals surface area contributed by atoms with Crippen molar-refractivity contribution in [1.82, 2.24) is 24.4 Å². The van der Waals surface area contributed by atoms with Crippen molar-refractivity contribution in [1.29, 1.82) is 0 Å². The van der Waals surface area contributed by atoms with Gasteiger partial charge in [0.05, 0.1) is 6.54 Å². The molecule has 0 unspecified atom stereocenters. The Labute approximate surface area is 184 Å². The average molecular weight is 461 g/mol. The van der Waals surface area contributed by atoms with Crippen LogP contribution < -0.4 is 5.32 Å². The first-order chi connectivity index (χ1) is 15.4. The van der Waals surface area contributed by atoms with Crippen LogP contribution in [0.2, 0.25) is 5.02 Å². The standard InChI is InChI=1S/C21H16ClF3N6O/c22-14-10-30(9-11-2-1-3-13(23)6-11)29-20(14)27-21(32)16-8-18-26-15(12-4-5-12)7-17(19(24)25)31(18)28-16/h1-3,6-8,10,12,19H,4-5,9H2,(H,27,29,32). The molecule has 32 heavy (non-hydrogen) atoms. The summed E-state index contributed by atoms with van der Waals surface area (Å²) >= 11 is 6.17. The van der Waals surface area contributed by atoms with Gasteiger partial charge in [0.25, 0.3) is 12.3 Å². The first-order valence-corrected chi connectivity index (χ1v) is 10.2. The third-order valence-electron chi connectivity index (χ3n) is 5.11. The molecule has 0 bridgehead atoms. The highest BCUT2D eigenvalue weighted by molar-refractivity contribution is 6.33. The number of halogens is 4. The van der Waals surface area contributed by atoms with Gasteiger partial charge in [-0.05, 0) is 36.6 Å². The summed E-state index contributed by atoms with van der Waals surface area (Å²) in [5, 5.41) is 10.9. The van der Waals surface area contributed by atoms with Crippen molar-refractivity contribution in [3.05, 3.63) is 76.1 Å². The fourth-order valence-corrected chi connectivity index (χ4v) is 3.63. The zero-order valence-corrected chi connectivity index (χ0v) is 17.2. The lowest BCUT2D eigenvalue weighted by molar-refractivity contribution is 0.102. The maximum Gasteiger partial charge on any atom is 0.280 e. The Bertz CT molecular complexity index is 1330. The van der Waals surface area contributed by atoms with E-state index in [-0.39, 0.29) is 46.2 Å². The third kappa shape index (κ3) is 4.05. The van der Waals surface area contributed by atoms with Crippen LogP contribution in [0.5, 0.6) is 0 Å². The van der Waals surface area contributed by atoms with Crippen molar-refractivity contribution >= 4 is 29.0 Å². The number of alkyl halides is 2. The molecule has 3 aromatic heterocycles. The minimum Gasteiger partial charge on any atom is -0.302 e. The van der Waals surface area contributed by atoms with Gasteiger partial charge in [0.15, 0.2) is 17.2 Å². The van der Waals surface area contributed by atoms with Crippen LogP contribution in [0.3, 0.4) is 0 Å². The number of hydrogen-bond donors (Lipinski definition) is 1. The van der Waals surface area contributed by atoms with E-state index < -0.39 is 12.3 Å². The summed E-state index contributed by atoms with van der Waals surface area (Å²) in [4.78, 5) is 17.1. The normalized spacial score (nSPS) is 13.8. The number of fused-ring (bicyclic) bond motifs is 1. The first kappa shape index (κ1) is 20.5. The summed E-state index contributed by atoms with van der Waals surface area (Å²) in [6.07, 6.45) is 0.542. The van der Waals surface area contributed by atoms with Gasteiger partial charge < -0.3 is 5.32 Å². The van der Waals surface area contributed by atoms with Gasteiger partial charge in [-0.1, -0.05) is 23.7 Å². The zero-order valence-electron chi connectivity index (χ0n) is 16.5. The molecule has 1 amide bonds. The number of hydrogen-bond acceptors (Lipinski definition) is 4. The van der Waals surface area contributed by atoms with Gasteiger partial charge in [-0.15, -0.1) is 0 Å². The van der Waals surface area contributed by atoms with Crippen LogP contribution in [0.4, 0.5) is 19.0 Å². The lowest BCUT2D eigenvalue weighted by Gasteiger charge is -2.06. The zero-order chi connectivity index (χ0) is 22.4. The quantitative estimate of drug-likeness (QED) is 0.447. The number of amides is 1. The summed E-state index contributed by atoms with van der Waals surface area (Å²) in [6, 6.07) is 8.71. The van der Waals surface area contributed by atoms with Gasteiger partial charge in [-0.3, -0.25) is 9.48 Å². The highest BCUT2D eigenvalue weighted by Gasteiger charge is 2.28. The lowest BCUT2D eigenvalue weighted by Crippen LogP contribution is -2.14. The van der Waals surface area contributed by atoms with E-state index in [4.69, 9.17) is 11.6 Å². The Kier molecular flexibility index (Phi) is 5.09. The molecule has 4 aromatic rings. The molecule has 0 saturated heterocycles. The second-order valence-corrected chi connectivity index (χ2v) is 7.99. The van der Waals surface area contributed by atoms with Crippen molar-refractivity contribution < 1.29 is 18.0 Å². The number of rotatable bonds is 6. The summed E-state index contributed by atoms with van der Waals surface area (Å²) in [5.41, 5.74) is 1.02. The average Bonchev–Trinajstić information content (AvgIpc) is 3.41. The van der Waals surface area contributed by atoms with Gasteiger partial charge in [0.2, 0.25) is 0 Å². The summed E-state index contributed by atoms with van der Waals surface area (Å²) in [5.74, 6) is -0.791. The molecule has 1 N–H and O–H groups in total. The molecule has 0 atom stereocenters. The van der Waals surface area contributed by atoms with Crippen LogP contribution in [0.15, 0.2) is 42.6 Å². The number of carbonyl (C=O) groups is 1.